The van der Waals surface area contributed by atoms with Gasteiger partial charge in [0.1, 0.15) is 6.61 Å². The zero-order chi connectivity index (χ0) is 15.3. The van der Waals surface area contributed by atoms with Crippen LogP contribution in [0.25, 0.3) is 0 Å². The van der Waals surface area contributed by atoms with E-state index in [9.17, 15) is 0 Å². The molecule has 0 atom stereocenters. The van der Waals surface area contributed by atoms with E-state index in [-0.39, 0.29) is 22.9 Å². The van der Waals surface area contributed by atoms with Gasteiger partial charge in [0.25, 0.3) is 0 Å². The molecular formula is C14H13CrNO4. The fourth-order valence-corrected chi connectivity index (χ4v) is 1.31. The average molecular weight is 311 g/mol. The SMILES string of the molecule is CC1(C)COC(c2ccccc2)=N1.[C-]#[O+].[C-]#[O+].[C-]#[O+].[Cr]. The average Bonchev–Trinajstić information content (AvgIpc) is 2.87. The van der Waals surface area contributed by atoms with Crippen LogP contribution >= 0.6 is 0 Å². The molecule has 6 heteroatoms. The van der Waals surface area contributed by atoms with E-state index in [0.717, 1.165) is 11.5 Å². The van der Waals surface area contributed by atoms with E-state index in [0.29, 0.717) is 6.61 Å². The number of ether oxygens (including phenoxy) is 1. The predicted molar refractivity (Wildman–Crippen MR) is 64.8 cm³/mol. The van der Waals surface area contributed by atoms with Crippen LogP contribution in [-0.4, -0.2) is 18.0 Å². The van der Waals surface area contributed by atoms with Crippen molar-refractivity contribution in [2.24, 2.45) is 4.99 Å². The second kappa shape index (κ2) is 13.9. The molecule has 1 aliphatic heterocycles. The molecule has 20 heavy (non-hydrogen) atoms. The first kappa shape index (κ1) is 23.5. The maximum absolute atomic E-state index is 7.50. The summed E-state index contributed by atoms with van der Waals surface area (Å²) < 4.78 is 28.0. The Kier molecular flexibility index (Phi) is 16.3. The molecule has 0 amide bonds. The van der Waals surface area contributed by atoms with Crippen LogP contribution < -0.4 is 0 Å². The Balaban J connectivity index is -0.000000368. The molecule has 1 aromatic carbocycles. The molecule has 0 radical (unpaired) electrons. The molecule has 0 saturated carbocycles. The van der Waals surface area contributed by atoms with Crippen LogP contribution in [0.4, 0.5) is 0 Å². The number of hydrogen-bond donors (Lipinski definition) is 0. The number of rotatable bonds is 1. The Morgan fingerprint density at radius 3 is 1.80 bits per heavy atom. The zero-order valence-corrected chi connectivity index (χ0v) is 12.4. The van der Waals surface area contributed by atoms with Gasteiger partial charge in [-0.15, -0.1) is 0 Å². The predicted octanol–water partition coefficient (Wildman–Crippen LogP) is 2.13. The standard InChI is InChI=1S/C11H13NO.3CO.Cr/c1-11(2)8-13-10(12-11)9-6-4-3-5-7-9;3*1-2;/h3-7H,8H2,1-2H3;;;;. The van der Waals surface area contributed by atoms with E-state index < -0.39 is 0 Å². The van der Waals surface area contributed by atoms with Crippen molar-refractivity contribution in [3.05, 3.63) is 55.8 Å². The monoisotopic (exact) mass is 311 g/mol. The van der Waals surface area contributed by atoms with Gasteiger partial charge in [-0.05, 0) is 26.0 Å². The molecule has 104 valence electrons. The van der Waals surface area contributed by atoms with Crippen molar-refractivity contribution < 1.29 is 36.1 Å². The molecule has 0 fully saturated rings. The molecule has 0 saturated heterocycles. The van der Waals surface area contributed by atoms with Gasteiger partial charge in [0.15, 0.2) is 0 Å². The van der Waals surface area contributed by atoms with Crippen molar-refractivity contribution in [2.45, 2.75) is 19.4 Å². The van der Waals surface area contributed by atoms with Crippen LogP contribution in [0.2, 0.25) is 0 Å². The van der Waals surface area contributed by atoms with Gasteiger partial charge >= 0.3 is 33.9 Å². The Morgan fingerprint density at radius 2 is 1.45 bits per heavy atom. The Morgan fingerprint density at radius 1 is 1.00 bits per heavy atom. The Hall–Kier alpha value is -1.56. The third-order valence-corrected chi connectivity index (χ3v) is 1.99. The van der Waals surface area contributed by atoms with Crippen molar-refractivity contribution in [1.82, 2.24) is 0 Å². The smallest absolute Gasteiger partial charge is 0 e. The number of benzene rings is 1. The summed E-state index contributed by atoms with van der Waals surface area (Å²) in [4.78, 5) is 4.49. The molecule has 0 aliphatic carbocycles. The molecular weight excluding hydrogens is 298 g/mol. The zero-order valence-electron chi connectivity index (χ0n) is 11.1. The summed E-state index contributed by atoms with van der Waals surface area (Å²) in [6, 6.07) is 10.0. The maximum atomic E-state index is 7.50. The van der Waals surface area contributed by atoms with Gasteiger partial charge in [-0.1, -0.05) is 18.2 Å². The molecule has 1 heterocycles. The molecule has 0 aromatic heterocycles. The summed E-state index contributed by atoms with van der Waals surface area (Å²) in [5.74, 6) is 0.769. The van der Waals surface area contributed by atoms with Gasteiger partial charge in [0.05, 0.1) is 5.54 Å². The second-order valence-corrected chi connectivity index (χ2v) is 3.88. The summed E-state index contributed by atoms with van der Waals surface area (Å²) >= 11 is 0. The Labute approximate surface area is 129 Å². The van der Waals surface area contributed by atoms with Crippen molar-refractivity contribution in [2.75, 3.05) is 6.61 Å². The number of hydrogen-bond acceptors (Lipinski definition) is 2. The fraction of sp³-hybridized carbons (Fsp3) is 0.286. The summed E-state index contributed by atoms with van der Waals surface area (Å²) in [5, 5.41) is 0. The third-order valence-electron chi connectivity index (χ3n) is 1.99. The molecule has 1 aliphatic rings. The minimum absolute atomic E-state index is 0. The second-order valence-electron chi connectivity index (χ2n) is 3.88. The quantitative estimate of drug-likeness (QED) is 0.578. The van der Waals surface area contributed by atoms with Gasteiger partial charge in [0.2, 0.25) is 5.90 Å². The molecule has 0 spiro atoms. The molecule has 5 nitrogen and oxygen atoms in total. The summed E-state index contributed by atoms with van der Waals surface area (Å²) in [7, 11) is 0. The van der Waals surface area contributed by atoms with E-state index in [2.05, 4.69) is 38.8 Å². The minimum Gasteiger partial charge on any atom is 0 e. The van der Waals surface area contributed by atoms with Crippen LogP contribution in [0.3, 0.4) is 0 Å². The van der Waals surface area contributed by atoms with Crippen LogP contribution in [0, 0.1) is 20.0 Å². The van der Waals surface area contributed by atoms with Gasteiger partial charge in [0, 0.05) is 22.9 Å². The number of nitrogens with zero attached hydrogens (tertiary/aromatic N) is 1. The first-order valence-corrected chi connectivity index (χ1v) is 5.07. The first-order chi connectivity index (χ1) is 9.17. The molecule has 0 bridgehead atoms. The van der Waals surface area contributed by atoms with E-state index in [4.69, 9.17) is 18.7 Å². The molecule has 0 unspecified atom stereocenters. The van der Waals surface area contributed by atoms with Crippen LogP contribution in [-0.2, 0) is 36.1 Å². The van der Waals surface area contributed by atoms with Gasteiger partial charge in [-0.2, -0.15) is 0 Å². The molecule has 2 rings (SSSR count). The topological polar surface area (TPSA) is 81.3 Å². The van der Waals surface area contributed by atoms with Crippen LogP contribution in [0.1, 0.15) is 19.4 Å². The first-order valence-electron chi connectivity index (χ1n) is 5.07. The number of aliphatic imine (C=N–C) groups is 1. The van der Waals surface area contributed by atoms with Crippen LogP contribution in [0.5, 0.6) is 0 Å². The molecule has 0 N–H and O–H groups in total. The minimum atomic E-state index is -0.0643. The fourth-order valence-electron chi connectivity index (χ4n) is 1.31. The summed E-state index contributed by atoms with van der Waals surface area (Å²) in [5.41, 5.74) is 0.999. The van der Waals surface area contributed by atoms with Gasteiger partial charge in [-0.25, -0.2) is 4.99 Å². The third kappa shape index (κ3) is 8.53. The van der Waals surface area contributed by atoms with Crippen molar-refractivity contribution in [1.29, 1.82) is 0 Å². The van der Waals surface area contributed by atoms with Crippen molar-refractivity contribution in [3.8, 4) is 0 Å². The normalized spacial score (nSPS) is 12.9. The van der Waals surface area contributed by atoms with Crippen molar-refractivity contribution >= 4 is 5.90 Å². The summed E-state index contributed by atoms with van der Waals surface area (Å²) in [6.07, 6.45) is 0. The van der Waals surface area contributed by atoms with E-state index in [1.807, 2.05) is 30.3 Å². The van der Waals surface area contributed by atoms with Gasteiger partial charge < -0.3 is 4.74 Å². The largest absolute Gasteiger partial charge is 0 e. The van der Waals surface area contributed by atoms with E-state index >= 15 is 0 Å². The van der Waals surface area contributed by atoms with Crippen molar-refractivity contribution in [3.63, 3.8) is 0 Å². The van der Waals surface area contributed by atoms with E-state index in [1.54, 1.807) is 0 Å². The maximum Gasteiger partial charge on any atom is 0 e. The van der Waals surface area contributed by atoms with E-state index in [1.165, 1.54) is 0 Å². The van der Waals surface area contributed by atoms with Gasteiger partial charge in [-0.3, -0.25) is 0 Å². The molecule has 1 aromatic rings. The van der Waals surface area contributed by atoms with Crippen LogP contribution in [0.15, 0.2) is 35.3 Å². The Bertz CT molecular complexity index is 435. The summed E-state index contributed by atoms with van der Waals surface area (Å²) in [6.45, 7) is 18.3.